The predicted octanol–water partition coefficient (Wildman–Crippen LogP) is 4.37. The van der Waals surface area contributed by atoms with E-state index in [0.29, 0.717) is 3.57 Å². The van der Waals surface area contributed by atoms with Gasteiger partial charge in [-0.2, -0.15) is 13.2 Å². The first kappa shape index (κ1) is 15.6. The lowest BCUT2D eigenvalue weighted by molar-refractivity contribution is -0.138. The summed E-state index contributed by atoms with van der Waals surface area (Å²) in [6, 6.07) is 3.78. The molecule has 1 amide bonds. The molecule has 2 rings (SSSR count). The first-order valence-electron chi connectivity index (χ1n) is 6.55. The molecule has 0 radical (unpaired) electrons. The lowest BCUT2D eigenvalue weighted by Gasteiger charge is -2.23. The van der Waals surface area contributed by atoms with Gasteiger partial charge in [0.15, 0.2) is 0 Å². The molecule has 0 saturated heterocycles. The number of nitrogens with one attached hydrogen (secondary N) is 1. The third-order valence-electron chi connectivity index (χ3n) is 3.47. The molecule has 0 atom stereocenters. The van der Waals surface area contributed by atoms with Gasteiger partial charge in [-0.05, 0) is 53.6 Å². The van der Waals surface area contributed by atoms with Crippen molar-refractivity contribution in [3.63, 3.8) is 0 Å². The van der Waals surface area contributed by atoms with Crippen LogP contribution in [0.3, 0.4) is 0 Å². The summed E-state index contributed by atoms with van der Waals surface area (Å²) >= 11 is 1.81. The topological polar surface area (TPSA) is 29.1 Å². The summed E-state index contributed by atoms with van der Waals surface area (Å²) in [5.41, 5.74) is -1.15. The summed E-state index contributed by atoms with van der Waals surface area (Å²) in [5.74, 6) is -0.624. The Hall–Kier alpha value is -0.790. The Morgan fingerprint density at radius 1 is 1.20 bits per heavy atom. The van der Waals surface area contributed by atoms with Gasteiger partial charge in [0.05, 0.1) is 11.1 Å². The van der Waals surface area contributed by atoms with E-state index in [2.05, 4.69) is 5.32 Å². The second-order valence-electron chi connectivity index (χ2n) is 5.00. The van der Waals surface area contributed by atoms with E-state index in [0.717, 1.165) is 38.2 Å². The lowest BCUT2D eigenvalue weighted by atomic mass is 9.95. The van der Waals surface area contributed by atoms with Crippen molar-refractivity contribution in [2.24, 2.45) is 0 Å². The SMILES string of the molecule is O=C(NC1CCCCC1)c1ccc(I)cc1C(F)(F)F. The predicted molar refractivity (Wildman–Crippen MR) is 78.5 cm³/mol. The van der Waals surface area contributed by atoms with Gasteiger partial charge in [-0.25, -0.2) is 0 Å². The molecule has 1 aromatic rings. The van der Waals surface area contributed by atoms with Gasteiger partial charge < -0.3 is 5.32 Å². The second kappa shape index (κ2) is 6.32. The maximum atomic E-state index is 13.0. The van der Waals surface area contributed by atoms with E-state index in [1.165, 1.54) is 12.1 Å². The normalized spacial score (nSPS) is 17.0. The molecule has 20 heavy (non-hydrogen) atoms. The van der Waals surface area contributed by atoms with E-state index in [4.69, 9.17) is 0 Å². The number of carbonyl (C=O) groups excluding carboxylic acids is 1. The van der Waals surface area contributed by atoms with Crippen molar-refractivity contribution < 1.29 is 18.0 Å². The van der Waals surface area contributed by atoms with Gasteiger partial charge in [0.25, 0.3) is 5.91 Å². The van der Waals surface area contributed by atoms with Crippen molar-refractivity contribution in [2.45, 2.75) is 44.3 Å². The maximum Gasteiger partial charge on any atom is 0.417 e. The molecule has 1 aromatic carbocycles. The van der Waals surface area contributed by atoms with Crippen LogP contribution in [0.5, 0.6) is 0 Å². The minimum atomic E-state index is -4.51. The zero-order chi connectivity index (χ0) is 14.8. The van der Waals surface area contributed by atoms with Crippen molar-refractivity contribution in [3.05, 3.63) is 32.9 Å². The van der Waals surface area contributed by atoms with Gasteiger partial charge in [-0.15, -0.1) is 0 Å². The zero-order valence-corrected chi connectivity index (χ0v) is 12.9. The van der Waals surface area contributed by atoms with Gasteiger partial charge in [0.2, 0.25) is 0 Å². The lowest BCUT2D eigenvalue weighted by Crippen LogP contribution is -2.37. The Bertz CT molecular complexity index is 496. The molecule has 0 spiro atoms. The van der Waals surface area contributed by atoms with Crippen LogP contribution in [-0.4, -0.2) is 11.9 Å². The molecule has 1 aliphatic carbocycles. The number of hydrogen-bond donors (Lipinski definition) is 1. The van der Waals surface area contributed by atoms with Crippen LogP contribution in [0.1, 0.15) is 48.0 Å². The highest BCUT2D eigenvalue weighted by Gasteiger charge is 2.35. The van der Waals surface area contributed by atoms with Crippen LogP contribution in [0, 0.1) is 3.57 Å². The standard InChI is InChI=1S/C14H15F3INO/c15-14(16,17)12-8-9(18)6-7-11(12)13(20)19-10-4-2-1-3-5-10/h6-8,10H,1-5H2,(H,19,20). The fourth-order valence-corrected chi connectivity index (χ4v) is 2.95. The molecule has 2 nitrogen and oxygen atoms in total. The average Bonchev–Trinajstić information content (AvgIpc) is 2.38. The van der Waals surface area contributed by atoms with E-state index in [9.17, 15) is 18.0 Å². The number of rotatable bonds is 2. The highest BCUT2D eigenvalue weighted by molar-refractivity contribution is 14.1. The van der Waals surface area contributed by atoms with Crippen molar-refractivity contribution in [1.82, 2.24) is 5.32 Å². The quantitative estimate of drug-likeness (QED) is 0.738. The Labute approximate surface area is 129 Å². The summed E-state index contributed by atoms with van der Waals surface area (Å²) in [4.78, 5) is 12.1. The molecule has 6 heteroatoms. The Morgan fingerprint density at radius 2 is 1.85 bits per heavy atom. The minimum absolute atomic E-state index is 0.00314. The number of hydrogen-bond acceptors (Lipinski definition) is 1. The molecule has 0 unspecified atom stereocenters. The van der Waals surface area contributed by atoms with Crippen LogP contribution in [0.25, 0.3) is 0 Å². The molecule has 0 aromatic heterocycles. The number of amides is 1. The summed E-state index contributed by atoms with van der Waals surface area (Å²) in [6.45, 7) is 0. The largest absolute Gasteiger partial charge is 0.417 e. The van der Waals surface area contributed by atoms with Gasteiger partial charge in [-0.3, -0.25) is 4.79 Å². The van der Waals surface area contributed by atoms with Gasteiger partial charge >= 0.3 is 6.18 Å². The van der Waals surface area contributed by atoms with Gasteiger partial charge in [0.1, 0.15) is 0 Å². The van der Waals surface area contributed by atoms with E-state index >= 15 is 0 Å². The summed E-state index contributed by atoms with van der Waals surface area (Å²) in [5, 5.41) is 2.73. The van der Waals surface area contributed by atoms with Gasteiger partial charge in [0, 0.05) is 9.61 Å². The van der Waals surface area contributed by atoms with E-state index < -0.39 is 17.6 Å². The van der Waals surface area contributed by atoms with Crippen molar-refractivity contribution in [3.8, 4) is 0 Å². The molecule has 1 N–H and O–H groups in total. The monoisotopic (exact) mass is 397 g/mol. The van der Waals surface area contributed by atoms with Crippen molar-refractivity contribution >= 4 is 28.5 Å². The number of benzene rings is 1. The Morgan fingerprint density at radius 3 is 2.45 bits per heavy atom. The zero-order valence-electron chi connectivity index (χ0n) is 10.8. The minimum Gasteiger partial charge on any atom is -0.349 e. The molecular formula is C14H15F3INO. The van der Waals surface area contributed by atoms with Crippen LogP contribution in [0.2, 0.25) is 0 Å². The highest BCUT2D eigenvalue weighted by atomic mass is 127. The fourth-order valence-electron chi connectivity index (χ4n) is 2.46. The molecule has 1 fully saturated rings. The first-order valence-corrected chi connectivity index (χ1v) is 7.63. The van der Waals surface area contributed by atoms with Crippen molar-refractivity contribution in [2.75, 3.05) is 0 Å². The Kier molecular flexibility index (Phi) is 4.93. The smallest absolute Gasteiger partial charge is 0.349 e. The maximum absolute atomic E-state index is 13.0. The number of alkyl halides is 3. The highest BCUT2D eigenvalue weighted by Crippen LogP contribution is 2.33. The molecule has 1 aliphatic rings. The van der Waals surface area contributed by atoms with Crippen molar-refractivity contribution in [1.29, 1.82) is 0 Å². The van der Waals surface area contributed by atoms with Crippen LogP contribution < -0.4 is 5.32 Å². The third kappa shape index (κ3) is 3.86. The van der Waals surface area contributed by atoms with Crippen LogP contribution in [0.15, 0.2) is 18.2 Å². The molecular weight excluding hydrogens is 382 g/mol. The van der Waals surface area contributed by atoms with Crippen LogP contribution >= 0.6 is 22.6 Å². The van der Waals surface area contributed by atoms with Crippen LogP contribution in [-0.2, 0) is 6.18 Å². The summed E-state index contributed by atoms with van der Waals surface area (Å²) < 4.78 is 39.4. The second-order valence-corrected chi connectivity index (χ2v) is 6.24. The third-order valence-corrected chi connectivity index (χ3v) is 4.14. The van der Waals surface area contributed by atoms with E-state index in [1.54, 1.807) is 0 Å². The number of halogens is 4. The Balaban J connectivity index is 2.20. The van der Waals surface area contributed by atoms with E-state index in [-0.39, 0.29) is 11.6 Å². The van der Waals surface area contributed by atoms with E-state index in [1.807, 2.05) is 22.6 Å². The average molecular weight is 397 g/mol. The molecule has 0 heterocycles. The summed E-state index contributed by atoms with van der Waals surface area (Å²) in [6.07, 6.45) is 0.340. The molecule has 0 bridgehead atoms. The number of carbonyl (C=O) groups is 1. The molecule has 110 valence electrons. The first-order chi connectivity index (χ1) is 9.38. The summed E-state index contributed by atoms with van der Waals surface area (Å²) in [7, 11) is 0. The fraction of sp³-hybridized carbons (Fsp3) is 0.500. The molecule has 0 aliphatic heterocycles. The van der Waals surface area contributed by atoms with Crippen LogP contribution in [0.4, 0.5) is 13.2 Å². The molecule has 1 saturated carbocycles. The van der Waals surface area contributed by atoms with Gasteiger partial charge in [-0.1, -0.05) is 19.3 Å².